The summed E-state index contributed by atoms with van der Waals surface area (Å²) in [5, 5.41) is 0. The molecular formula is C59H102O6. The summed E-state index contributed by atoms with van der Waals surface area (Å²) in [5.41, 5.74) is 0. The van der Waals surface area contributed by atoms with E-state index in [2.05, 4.69) is 93.7 Å². The third kappa shape index (κ3) is 51.7. The van der Waals surface area contributed by atoms with E-state index in [-0.39, 0.29) is 37.5 Å². The minimum atomic E-state index is -0.800. The minimum Gasteiger partial charge on any atom is -0.462 e. The maximum absolute atomic E-state index is 12.7. The van der Waals surface area contributed by atoms with Crippen molar-refractivity contribution in [3.8, 4) is 0 Å². The van der Waals surface area contributed by atoms with Crippen molar-refractivity contribution in [1.82, 2.24) is 0 Å². The third-order valence-corrected chi connectivity index (χ3v) is 11.7. The van der Waals surface area contributed by atoms with Gasteiger partial charge in [0.2, 0.25) is 0 Å². The topological polar surface area (TPSA) is 78.9 Å². The highest BCUT2D eigenvalue weighted by Crippen LogP contribution is 2.15. The van der Waals surface area contributed by atoms with Crippen LogP contribution in [0.25, 0.3) is 0 Å². The number of carbonyl (C=O) groups is 3. The number of unbranched alkanes of at least 4 members (excludes halogenated alkanes) is 26. The van der Waals surface area contributed by atoms with Gasteiger partial charge in [0.1, 0.15) is 13.2 Å². The van der Waals surface area contributed by atoms with Crippen molar-refractivity contribution in [2.24, 2.45) is 0 Å². The lowest BCUT2D eigenvalue weighted by Gasteiger charge is -2.18. The largest absolute Gasteiger partial charge is 0.462 e. The molecule has 0 aromatic heterocycles. The molecule has 0 heterocycles. The minimum absolute atomic E-state index is 0.0973. The fourth-order valence-electron chi connectivity index (χ4n) is 7.59. The molecule has 0 spiro atoms. The molecule has 6 nitrogen and oxygen atoms in total. The predicted octanol–water partition coefficient (Wildman–Crippen LogP) is 18.2. The Morgan fingerprint density at radius 2 is 0.615 bits per heavy atom. The summed E-state index contributed by atoms with van der Waals surface area (Å²) in [6.07, 6.45) is 68.1. The van der Waals surface area contributed by atoms with E-state index >= 15 is 0 Å². The predicted molar refractivity (Wildman–Crippen MR) is 279 cm³/mol. The van der Waals surface area contributed by atoms with Gasteiger partial charge in [-0.25, -0.2) is 0 Å². The highest BCUT2D eigenvalue weighted by molar-refractivity contribution is 5.71. The summed E-state index contributed by atoms with van der Waals surface area (Å²) < 4.78 is 16.6. The Morgan fingerprint density at radius 1 is 0.323 bits per heavy atom. The van der Waals surface area contributed by atoms with E-state index in [9.17, 15) is 14.4 Å². The van der Waals surface area contributed by atoms with Crippen LogP contribution in [0, 0.1) is 0 Å². The van der Waals surface area contributed by atoms with Gasteiger partial charge in [-0.15, -0.1) is 0 Å². The molecule has 0 bridgehead atoms. The van der Waals surface area contributed by atoms with Crippen molar-refractivity contribution in [2.75, 3.05) is 13.2 Å². The second-order valence-electron chi connectivity index (χ2n) is 18.1. The van der Waals surface area contributed by atoms with E-state index in [4.69, 9.17) is 14.2 Å². The molecule has 0 aliphatic rings. The van der Waals surface area contributed by atoms with Crippen molar-refractivity contribution in [1.29, 1.82) is 0 Å². The van der Waals surface area contributed by atoms with Crippen LogP contribution in [-0.4, -0.2) is 37.2 Å². The third-order valence-electron chi connectivity index (χ3n) is 11.7. The molecule has 0 saturated heterocycles. The zero-order chi connectivity index (χ0) is 47.2. The van der Waals surface area contributed by atoms with Gasteiger partial charge in [-0.3, -0.25) is 14.4 Å². The molecule has 0 fully saturated rings. The number of esters is 3. The van der Waals surface area contributed by atoms with Gasteiger partial charge in [-0.05, 0) is 83.5 Å². The van der Waals surface area contributed by atoms with Crippen molar-refractivity contribution >= 4 is 17.9 Å². The van der Waals surface area contributed by atoms with Gasteiger partial charge in [0.25, 0.3) is 0 Å². The van der Waals surface area contributed by atoms with Crippen LogP contribution in [0.1, 0.15) is 265 Å². The standard InChI is InChI=1S/C59H102O6/c1-4-7-10-13-15-17-19-21-23-25-26-27-28-29-30-31-32-34-35-37-39-41-43-46-49-52-58(61)64-55-56(54-63-57(60)51-48-45-12-9-6-3)65-59(62)53-50-47-44-42-40-38-36-33-24-22-20-18-16-14-11-8-5-2/h8,11,16,18,22,24-26,36,38,42,44,56H,4-7,9-10,12-15,17,19-21,23,27-35,37,39-41,43,45-55H2,1-3H3/b11-8-,18-16-,24-22-,26-25-,38-36-,44-42-. The van der Waals surface area contributed by atoms with E-state index in [1.54, 1.807) is 0 Å². The highest BCUT2D eigenvalue weighted by atomic mass is 16.6. The van der Waals surface area contributed by atoms with Crippen molar-refractivity contribution in [3.05, 3.63) is 72.9 Å². The van der Waals surface area contributed by atoms with Crippen LogP contribution < -0.4 is 0 Å². The first kappa shape index (κ1) is 61.9. The van der Waals surface area contributed by atoms with Crippen molar-refractivity contribution in [2.45, 2.75) is 271 Å². The monoisotopic (exact) mass is 907 g/mol. The van der Waals surface area contributed by atoms with Gasteiger partial charge >= 0.3 is 17.9 Å². The molecule has 0 amide bonds. The van der Waals surface area contributed by atoms with Gasteiger partial charge in [0.05, 0.1) is 0 Å². The maximum Gasteiger partial charge on any atom is 0.306 e. The summed E-state index contributed by atoms with van der Waals surface area (Å²) in [5.74, 6) is -0.968. The van der Waals surface area contributed by atoms with E-state index in [0.717, 1.165) is 89.9 Å². The van der Waals surface area contributed by atoms with Crippen LogP contribution in [0.5, 0.6) is 0 Å². The first-order chi connectivity index (χ1) is 32.0. The van der Waals surface area contributed by atoms with Crippen LogP contribution in [-0.2, 0) is 28.6 Å². The Bertz CT molecular complexity index is 1230. The van der Waals surface area contributed by atoms with Crippen LogP contribution in [0.2, 0.25) is 0 Å². The molecule has 0 aromatic rings. The molecule has 6 heteroatoms. The molecule has 1 atom stereocenters. The van der Waals surface area contributed by atoms with Crippen LogP contribution in [0.4, 0.5) is 0 Å². The zero-order valence-electron chi connectivity index (χ0n) is 42.7. The number of allylic oxidation sites excluding steroid dienone is 12. The van der Waals surface area contributed by atoms with Crippen molar-refractivity contribution < 1.29 is 28.6 Å². The fourth-order valence-corrected chi connectivity index (χ4v) is 7.59. The molecule has 0 radical (unpaired) electrons. The number of ether oxygens (including phenoxy) is 3. The average molecular weight is 907 g/mol. The summed E-state index contributed by atoms with van der Waals surface area (Å²) >= 11 is 0. The molecule has 0 aromatic carbocycles. The second-order valence-corrected chi connectivity index (χ2v) is 18.1. The Balaban J connectivity index is 4.13. The molecule has 0 saturated carbocycles. The van der Waals surface area contributed by atoms with Gasteiger partial charge in [0.15, 0.2) is 6.10 Å². The van der Waals surface area contributed by atoms with E-state index in [1.165, 1.54) is 128 Å². The Morgan fingerprint density at radius 3 is 1.00 bits per heavy atom. The Labute approximate surface area is 402 Å². The number of rotatable bonds is 49. The van der Waals surface area contributed by atoms with Crippen LogP contribution >= 0.6 is 0 Å². The fraction of sp³-hybridized carbons (Fsp3) is 0.746. The maximum atomic E-state index is 12.7. The molecule has 0 aliphatic carbocycles. The lowest BCUT2D eigenvalue weighted by molar-refractivity contribution is -0.167. The molecule has 1 unspecified atom stereocenters. The van der Waals surface area contributed by atoms with Gasteiger partial charge < -0.3 is 14.2 Å². The number of hydrogen-bond donors (Lipinski definition) is 0. The van der Waals surface area contributed by atoms with Crippen LogP contribution in [0.3, 0.4) is 0 Å². The Hall–Kier alpha value is -3.15. The summed E-state index contributed by atoms with van der Waals surface area (Å²) in [6.45, 7) is 6.40. The van der Waals surface area contributed by atoms with Gasteiger partial charge in [-0.1, -0.05) is 235 Å². The summed E-state index contributed by atoms with van der Waals surface area (Å²) in [7, 11) is 0. The molecule has 374 valence electrons. The Kier molecular flexibility index (Phi) is 50.9. The first-order valence-electron chi connectivity index (χ1n) is 27.4. The molecule has 65 heavy (non-hydrogen) atoms. The van der Waals surface area contributed by atoms with E-state index in [1.807, 2.05) is 0 Å². The smallest absolute Gasteiger partial charge is 0.306 e. The number of hydrogen-bond acceptors (Lipinski definition) is 6. The molecule has 0 N–H and O–H groups in total. The van der Waals surface area contributed by atoms with E-state index in [0.29, 0.717) is 19.3 Å². The van der Waals surface area contributed by atoms with E-state index < -0.39 is 6.10 Å². The van der Waals surface area contributed by atoms with Gasteiger partial charge in [0, 0.05) is 19.3 Å². The number of carbonyl (C=O) groups excluding carboxylic acids is 3. The zero-order valence-corrected chi connectivity index (χ0v) is 42.7. The first-order valence-corrected chi connectivity index (χ1v) is 27.4. The van der Waals surface area contributed by atoms with Crippen molar-refractivity contribution in [3.63, 3.8) is 0 Å². The second kappa shape index (κ2) is 53.5. The lowest BCUT2D eigenvalue weighted by atomic mass is 10.0. The highest BCUT2D eigenvalue weighted by Gasteiger charge is 2.19. The van der Waals surface area contributed by atoms with Crippen LogP contribution in [0.15, 0.2) is 72.9 Å². The normalized spacial score (nSPS) is 12.6. The molecule has 0 rings (SSSR count). The summed E-state index contributed by atoms with van der Waals surface area (Å²) in [6, 6.07) is 0. The van der Waals surface area contributed by atoms with Gasteiger partial charge in [-0.2, -0.15) is 0 Å². The summed E-state index contributed by atoms with van der Waals surface area (Å²) in [4.78, 5) is 37.7. The SMILES string of the molecule is CC/C=C\C/C=C\C/C=C\C/C=C\C/C=C\CCCC(=O)OC(COC(=O)CCCCCCC)COC(=O)CCCCCCCCCCCCCCC/C=C\CCCCCCCCCC. The lowest BCUT2D eigenvalue weighted by Crippen LogP contribution is -2.30. The molecule has 0 aliphatic heterocycles. The molecular weight excluding hydrogens is 805 g/mol. The average Bonchev–Trinajstić information content (AvgIpc) is 3.30. The quantitative estimate of drug-likeness (QED) is 0.0262.